The number of rotatable bonds is 2. The standard InChI is InChI=1S/C8H13N3O3/c1-4(2)11-5(7(12)14-3)6(9)10-8(11)13/h4-5H,1-3H3,(H2,9,10,13). The Bertz CT molecular complexity index is 288. The highest BCUT2D eigenvalue weighted by molar-refractivity contribution is 6.15. The summed E-state index contributed by atoms with van der Waals surface area (Å²) in [7, 11) is 1.23. The molecule has 6 heteroatoms. The van der Waals surface area contributed by atoms with E-state index in [1.54, 1.807) is 13.8 Å². The number of carbonyl (C=O) groups excluding carboxylic acids is 2. The van der Waals surface area contributed by atoms with Gasteiger partial charge in [-0.15, -0.1) is 0 Å². The van der Waals surface area contributed by atoms with Crippen LogP contribution in [0.3, 0.4) is 0 Å². The molecule has 0 aromatic rings. The van der Waals surface area contributed by atoms with Crippen molar-refractivity contribution in [3.8, 4) is 0 Å². The fourth-order valence-corrected chi connectivity index (χ4v) is 1.38. The molecule has 2 N–H and O–H groups in total. The summed E-state index contributed by atoms with van der Waals surface area (Å²) in [6.45, 7) is 3.54. The molecule has 0 radical (unpaired) electrons. The summed E-state index contributed by atoms with van der Waals surface area (Å²) in [4.78, 5) is 23.9. The van der Waals surface area contributed by atoms with E-state index in [4.69, 9.17) is 5.41 Å². The first kappa shape index (κ1) is 10.5. The summed E-state index contributed by atoms with van der Waals surface area (Å²) < 4.78 is 4.52. The van der Waals surface area contributed by atoms with Crippen LogP contribution in [-0.4, -0.2) is 41.9 Å². The van der Waals surface area contributed by atoms with Gasteiger partial charge in [-0.05, 0) is 13.8 Å². The van der Waals surface area contributed by atoms with Gasteiger partial charge in [0.1, 0.15) is 5.84 Å². The Morgan fingerprint density at radius 3 is 2.64 bits per heavy atom. The summed E-state index contributed by atoms with van der Waals surface area (Å²) >= 11 is 0. The number of hydrogen-bond donors (Lipinski definition) is 2. The summed E-state index contributed by atoms with van der Waals surface area (Å²) in [5.74, 6) is -0.724. The molecule has 0 spiro atoms. The van der Waals surface area contributed by atoms with Crippen LogP contribution < -0.4 is 5.32 Å². The number of amides is 2. The molecule has 0 saturated carbocycles. The van der Waals surface area contributed by atoms with E-state index < -0.39 is 18.0 Å². The van der Waals surface area contributed by atoms with Gasteiger partial charge in [-0.3, -0.25) is 10.7 Å². The maximum Gasteiger partial charge on any atom is 0.336 e. The van der Waals surface area contributed by atoms with Crippen molar-refractivity contribution in [2.24, 2.45) is 0 Å². The van der Waals surface area contributed by atoms with Gasteiger partial charge in [-0.25, -0.2) is 9.59 Å². The Balaban J connectivity index is 2.95. The summed E-state index contributed by atoms with van der Waals surface area (Å²) in [6.07, 6.45) is 0. The van der Waals surface area contributed by atoms with Crippen molar-refractivity contribution >= 4 is 17.8 Å². The van der Waals surface area contributed by atoms with E-state index in [0.29, 0.717) is 0 Å². The van der Waals surface area contributed by atoms with Crippen LogP contribution in [0.5, 0.6) is 0 Å². The number of amidine groups is 1. The Hall–Kier alpha value is -1.59. The van der Waals surface area contributed by atoms with Gasteiger partial charge < -0.3 is 9.64 Å². The van der Waals surface area contributed by atoms with Crippen molar-refractivity contribution in [3.63, 3.8) is 0 Å². The zero-order chi connectivity index (χ0) is 10.9. The molecule has 6 nitrogen and oxygen atoms in total. The van der Waals surface area contributed by atoms with Gasteiger partial charge in [0.15, 0.2) is 6.04 Å². The molecule has 1 rings (SSSR count). The zero-order valence-electron chi connectivity index (χ0n) is 8.33. The van der Waals surface area contributed by atoms with Gasteiger partial charge in [0.25, 0.3) is 0 Å². The molecule has 1 unspecified atom stereocenters. The maximum atomic E-state index is 11.3. The van der Waals surface area contributed by atoms with Crippen LogP contribution in [0, 0.1) is 5.41 Å². The fourth-order valence-electron chi connectivity index (χ4n) is 1.38. The monoisotopic (exact) mass is 199 g/mol. The first-order valence-corrected chi connectivity index (χ1v) is 4.24. The van der Waals surface area contributed by atoms with E-state index >= 15 is 0 Å². The molecule has 1 heterocycles. The van der Waals surface area contributed by atoms with E-state index in [0.717, 1.165) is 0 Å². The third kappa shape index (κ3) is 1.55. The summed E-state index contributed by atoms with van der Waals surface area (Å²) in [5, 5.41) is 9.70. The van der Waals surface area contributed by atoms with Crippen molar-refractivity contribution in [1.82, 2.24) is 10.2 Å². The summed E-state index contributed by atoms with van der Waals surface area (Å²) in [6, 6.07) is -1.50. The predicted octanol–water partition coefficient (Wildman–Crippen LogP) is -0.0611. The number of hydrogen-bond acceptors (Lipinski definition) is 4. The number of nitrogens with zero attached hydrogens (tertiary/aromatic N) is 1. The minimum atomic E-state index is -0.924. The fraction of sp³-hybridized carbons (Fsp3) is 0.625. The van der Waals surface area contributed by atoms with Gasteiger partial charge >= 0.3 is 12.0 Å². The van der Waals surface area contributed by atoms with Gasteiger partial charge in [-0.1, -0.05) is 0 Å². The van der Waals surface area contributed by atoms with Crippen LogP contribution in [0.25, 0.3) is 0 Å². The zero-order valence-corrected chi connectivity index (χ0v) is 8.33. The van der Waals surface area contributed by atoms with Crippen LogP contribution in [0.1, 0.15) is 13.8 Å². The molecule has 2 amide bonds. The SMILES string of the molecule is COC(=O)C1C(=N)NC(=O)N1C(C)C. The van der Waals surface area contributed by atoms with Crippen LogP contribution in [-0.2, 0) is 9.53 Å². The van der Waals surface area contributed by atoms with Crippen LogP contribution >= 0.6 is 0 Å². The van der Waals surface area contributed by atoms with E-state index in [1.807, 2.05) is 0 Å². The molecule has 14 heavy (non-hydrogen) atoms. The van der Waals surface area contributed by atoms with Gasteiger partial charge in [0.05, 0.1) is 7.11 Å². The number of methoxy groups -OCH3 is 1. The van der Waals surface area contributed by atoms with Crippen LogP contribution in [0.2, 0.25) is 0 Å². The van der Waals surface area contributed by atoms with Gasteiger partial charge in [0.2, 0.25) is 0 Å². The lowest BCUT2D eigenvalue weighted by Crippen LogP contribution is -2.45. The van der Waals surface area contributed by atoms with Crippen molar-refractivity contribution in [2.45, 2.75) is 25.9 Å². The van der Waals surface area contributed by atoms with Crippen LogP contribution in [0.15, 0.2) is 0 Å². The normalized spacial score (nSPS) is 21.4. The molecule has 1 atom stereocenters. The minimum Gasteiger partial charge on any atom is -0.467 e. The molecular weight excluding hydrogens is 186 g/mol. The highest BCUT2D eigenvalue weighted by Gasteiger charge is 2.42. The quantitative estimate of drug-likeness (QED) is 0.611. The molecule has 1 saturated heterocycles. The highest BCUT2D eigenvalue weighted by atomic mass is 16.5. The molecule has 1 aliphatic rings. The number of esters is 1. The lowest BCUT2D eigenvalue weighted by atomic mass is 10.2. The third-order valence-corrected chi connectivity index (χ3v) is 2.01. The Labute approximate surface area is 81.7 Å². The molecule has 1 aliphatic heterocycles. The first-order valence-electron chi connectivity index (χ1n) is 4.24. The Kier molecular flexibility index (Phi) is 2.73. The Morgan fingerprint density at radius 1 is 1.64 bits per heavy atom. The number of urea groups is 1. The molecule has 1 fully saturated rings. The molecule has 0 aromatic heterocycles. The predicted molar refractivity (Wildman–Crippen MR) is 49.0 cm³/mol. The van der Waals surface area contributed by atoms with Gasteiger partial charge in [0, 0.05) is 6.04 Å². The van der Waals surface area contributed by atoms with Crippen molar-refractivity contribution in [3.05, 3.63) is 0 Å². The van der Waals surface area contributed by atoms with Crippen molar-refractivity contribution in [2.75, 3.05) is 7.11 Å². The second-order valence-corrected chi connectivity index (χ2v) is 3.27. The lowest BCUT2D eigenvalue weighted by molar-refractivity contribution is -0.143. The molecular formula is C8H13N3O3. The third-order valence-electron chi connectivity index (χ3n) is 2.01. The molecule has 0 aromatic carbocycles. The molecule has 0 aliphatic carbocycles. The van der Waals surface area contributed by atoms with Gasteiger partial charge in [-0.2, -0.15) is 0 Å². The maximum absolute atomic E-state index is 11.3. The second-order valence-electron chi connectivity index (χ2n) is 3.27. The highest BCUT2D eigenvalue weighted by Crippen LogP contribution is 2.13. The average molecular weight is 199 g/mol. The van der Waals surface area contributed by atoms with E-state index in [9.17, 15) is 9.59 Å². The lowest BCUT2D eigenvalue weighted by Gasteiger charge is -2.24. The average Bonchev–Trinajstić information content (AvgIpc) is 2.39. The van der Waals surface area contributed by atoms with E-state index in [2.05, 4.69) is 10.1 Å². The molecule has 0 bridgehead atoms. The number of nitrogens with one attached hydrogen (secondary N) is 2. The minimum absolute atomic E-state index is 0.129. The largest absolute Gasteiger partial charge is 0.467 e. The first-order chi connectivity index (χ1) is 6.49. The second kappa shape index (κ2) is 3.65. The Morgan fingerprint density at radius 2 is 2.21 bits per heavy atom. The van der Waals surface area contributed by atoms with E-state index in [1.165, 1.54) is 12.0 Å². The molecule has 78 valence electrons. The topological polar surface area (TPSA) is 82.5 Å². The smallest absolute Gasteiger partial charge is 0.336 e. The summed E-state index contributed by atoms with van der Waals surface area (Å²) in [5.41, 5.74) is 0. The van der Waals surface area contributed by atoms with Crippen molar-refractivity contribution < 1.29 is 14.3 Å². The van der Waals surface area contributed by atoms with E-state index in [-0.39, 0.29) is 11.9 Å². The van der Waals surface area contributed by atoms with Crippen molar-refractivity contribution in [1.29, 1.82) is 5.41 Å². The number of ether oxygens (including phenoxy) is 1. The van der Waals surface area contributed by atoms with Crippen LogP contribution in [0.4, 0.5) is 4.79 Å². The number of carbonyl (C=O) groups is 2.